The molecule has 0 aliphatic heterocycles. The van der Waals surface area contributed by atoms with Crippen molar-refractivity contribution in [3.8, 4) is 0 Å². The molecule has 0 saturated heterocycles. The van der Waals surface area contributed by atoms with Crippen molar-refractivity contribution in [3.05, 3.63) is 22.3 Å². The van der Waals surface area contributed by atoms with Crippen molar-refractivity contribution in [1.82, 2.24) is 4.90 Å². The predicted octanol–water partition coefficient (Wildman–Crippen LogP) is 3.89. The molecule has 0 saturated carbocycles. The minimum Gasteiger partial charge on any atom is -0.378 e. The molecule has 0 aliphatic rings. The van der Waals surface area contributed by atoms with Crippen LogP contribution in [-0.2, 0) is 0 Å². The molecule has 0 aromatic heterocycles. The van der Waals surface area contributed by atoms with Crippen LogP contribution in [-0.4, -0.2) is 24.7 Å². The van der Waals surface area contributed by atoms with E-state index in [1.165, 1.54) is 22.6 Å². The highest BCUT2D eigenvalue weighted by atomic mass is 32.2. The zero-order valence-corrected chi connectivity index (χ0v) is 11.2. The standard InChI is InChI=1S/C12H23NS/c1-7-9-13(5)11(4)10(3)12(8-2)14-6/h8H,7,9H2,1-6H3/b11-10+,12-8+. The van der Waals surface area contributed by atoms with Crippen LogP contribution in [0.15, 0.2) is 22.3 Å². The Hall–Kier alpha value is -0.370. The van der Waals surface area contributed by atoms with Gasteiger partial charge in [0.15, 0.2) is 0 Å². The van der Waals surface area contributed by atoms with Crippen LogP contribution in [0.1, 0.15) is 34.1 Å². The van der Waals surface area contributed by atoms with E-state index in [9.17, 15) is 0 Å². The van der Waals surface area contributed by atoms with Crippen molar-refractivity contribution < 1.29 is 0 Å². The number of allylic oxidation sites excluding steroid dienone is 3. The molecular weight excluding hydrogens is 190 g/mol. The van der Waals surface area contributed by atoms with Crippen LogP contribution in [0.3, 0.4) is 0 Å². The number of hydrogen-bond acceptors (Lipinski definition) is 2. The van der Waals surface area contributed by atoms with Gasteiger partial charge in [0.25, 0.3) is 0 Å². The molecule has 0 rings (SSSR count). The summed E-state index contributed by atoms with van der Waals surface area (Å²) in [5, 5.41) is 0. The smallest absolute Gasteiger partial charge is 0.0169 e. The molecule has 1 nitrogen and oxygen atoms in total. The van der Waals surface area contributed by atoms with Crippen molar-refractivity contribution in [1.29, 1.82) is 0 Å². The molecule has 0 heterocycles. The van der Waals surface area contributed by atoms with Gasteiger partial charge < -0.3 is 4.90 Å². The molecule has 0 N–H and O–H groups in total. The molecule has 14 heavy (non-hydrogen) atoms. The highest BCUT2D eigenvalue weighted by Crippen LogP contribution is 2.24. The molecule has 0 aliphatic carbocycles. The Morgan fingerprint density at radius 1 is 1.36 bits per heavy atom. The maximum Gasteiger partial charge on any atom is 0.0169 e. The third-order valence-corrected chi connectivity index (χ3v) is 3.51. The van der Waals surface area contributed by atoms with Crippen LogP contribution in [0, 0.1) is 0 Å². The summed E-state index contributed by atoms with van der Waals surface area (Å²) < 4.78 is 0. The summed E-state index contributed by atoms with van der Waals surface area (Å²) in [7, 11) is 2.16. The minimum absolute atomic E-state index is 1.13. The van der Waals surface area contributed by atoms with E-state index in [-0.39, 0.29) is 0 Å². The zero-order chi connectivity index (χ0) is 11.1. The largest absolute Gasteiger partial charge is 0.378 e. The first-order chi connectivity index (χ1) is 6.58. The quantitative estimate of drug-likeness (QED) is 0.637. The second-order valence-electron chi connectivity index (χ2n) is 3.49. The van der Waals surface area contributed by atoms with Crippen LogP contribution < -0.4 is 0 Å². The predicted molar refractivity (Wildman–Crippen MR) is 68.6 cm³/mol. The van der Waals surface area contributed by atoms with E-state index in [1.807, 2.05) is 11.8 Å². The van der Waals surface area contributed by atoms with Gasteiger partial charge in [-0.3, -0.25) is 0 Å². The van der Waals surface area contributed by atoms with E-state index < -0.39 is 0 Å². The molecule has 0 fully saturated rings. The van der Waals surface area contributed by atoms with E-state index >= 15 is 0 Å². The summed E-state index contributed by atoms with van der Waals surface area (Å²) in [5.74, 6) is 0. The van der Waals surface area contributed by atoms with Gasteiger partial charge in [-0.2, -0.15) is 0 Å². The summed E-state index contributed by atoms with van der Waals surface area (Å²) in [6.45, 7) is 9.85. The lowest BCUT2D eigenvalue weighted by Gasteiger charge is -2.22. The average molecular weight is 213 g/mol. The van der Waals surface area contributed by atoms with Gasteiger partial charge in [-0.05, 0) is 39.0 Å². The SMILES string of the molecule is C/C=C(SC)\C(C)=C(/C)N(C)CCC. The molecule has 2 heteroatoms. The number of hydrogen-bond donors (Lipinski definition) is 0. The summed E-state index contributed by atoms with van der Waals surface area (Å²) >= 11 is 1.82. The summed E-state index contributed by atoms with van der Waals surface area (Å²) in [6, 6.07) is 0. The molecule has 0 aromatic rings. The van der Waals surface area contributed by atoms with Crippen molar-refractivity contribution in [2.24, 2.45) is 0 Å². The van der Waals surface area contributed by atoms with Crippen molar-refractivity contribution in [2.75, 3.05) is 19.8 Å². The lowest BCUT2D eigenvalue weighted by molar-refractivity contribution is 0.414. The van der Waals surface area contributed by atoms with Crippen molar-refractivity contribution >= 4 is 11.8 Å². The van der Waals surface area contributed by atoms with Gasteiger partial charge in [-0.25, -0.2) is 0 Å². The second-order valence-corrected chi connectivity index (χ2v) is 4.34. The molecule has 0 bridgehead atoms. The summed E-state index contributed by atoms with van der Waals surface area (Å²) in [5.41, 5.74) is 2.78. The lowest BCUT2D eigenvalue weighted by atomic mass is 10.2. The van der Waals surface area contributed by atoms with Gasteiger partial charge in [0.05, 0.1) is 0 Å². The molecule has 0 atom stereocenters. The van der Waals surface area contributed by atoms with E-state index in [2.05, 4.69) is 52.0 Å². The molecule has 0 radical (unpaired) electrons. The van der Waals surface area contributed by atoms with Gasteiger partial charge in [0, 0.05) is 24.2 Å². The summed E-state index contributed by atoms with van der Waals surface area (Å²) in [4.78, 5) is 3.71. The molecule has 82 valence electrons. The Morgan fingerprint density at radius 2 is 1.93 bits per heavy atom. The van der Waals surface area contributed by atoms with Crippen LogP contribution in [0.4, 0.5) is 0 Å². The first-order valence-electron chi connectivity index (χ1n) is 5.17. The van der Waals surface area contributed by atoms with Gasteiger partial charge in [0.1, 0.15) is 0 Å². The fraction of sp³-hybridized carbons (Fsp3) is 0.667. The Labute approximate surface area is 93.3 Å². The van der Waals surface area contributed by atoms with Crippen LogP contribution in [0.25, 0.3) is 0 Å². The van der Waals surface area contributed by atoms with Crippen molar-refractivity contribution in [2.45, 2.75) is 34.1 Å². The fourth-order valence-corrected chi connectivity index (χ4v) is 2.14. The number of thioether (sulfide) groups is 1. The molecular formula is C12H23NS. The van der Waals surface area contributed by atoms with Crippen LogP contribution in [0.5, 0.6) is 0 Å². The third kappa shape index (κ3) is 3.79. The van der Waals surface area contributed by atoms with E-state index in [4.69, 9.17) is 0 Å². The highest BCUT2D eigenvalue weighted by Gasteiger charge is 2.05. The van der Waals surface area contributed by atoms with Gasteiger partial charge in [-0.1, -0.05) is 13.0 Å². The van der Waals surface area contributed by atoms with Gasteiger partial charge in [0.2, 0.25) is 0 Å². The molecule has 0 aromatic carbocycles. The van der Waals surface area contributed by atoms with Gasteiger partial charge >= 0.3 is 0 Å². The first-order valence-corrected chi connectivity index (χ1v) is 6.40. The molecule has 0 unspecified atom stereocenters. The Morgan fingerprint density at radius 3 is 2.29 bits per heavy atom. The molecule has 0 spiro atoms. The third-order valence-electron chi connectivity index (χ3n) is 2.53. The highest BCUT2D eigenvalue weighted by molar-refractivity contribution is 8.02. The Balaban J connectivity index is 4.72. The van der Waals surface area contributed by atoms with Gasteiger partial charge in [-0.15, -0.1) is 11.8 Å². The monoisotopic (exact) mass is 213 g/mol. The number of nitrogens with zero attached hydrogens (tertiary/aromatic N) is 1. The maximum atomic E-state index is 2.33. The first kappa shape index (κ1) is 13.6. The maximum absolute atomic E-state index is 2.33. The second kappa shape index (κ2) is 6.99. The van der Waals surface area contributed by atoms with Crippen LogP contribution in [0.2, 0.25) is 0 Å². The summed E-state index contributed by atoms with van der Waals surface area (Å²) in [6.07, 6.45) is 5.51. The topological polar surface area (TPSA) is 3.24 Å². The van der Waals surface area contributed by atoms with E-state index in [1.54, 1.807) is 0 Å². The van der Waals surface area contributed by atoms with Crippen molar-refractivity contribution in [3.63, 3.8) is 0 Å². The Bertz CT molecular complexity index is 228. The minimum atomic E-state index is 1.13. The zero-order valence-electron chi connectivity index (χ0n) is 10.3. The molecule has 0 amide bonds. The van der Waals surface area contributed by atoms with E-state index in [0.29, 0.717) is 0 Å². The van der Waals surface area contributed by atoms with E-state index in [0.717, 1.165) is 6.54 Å². The lowest BCUT2D eigenvalue weighted by Crippen LogP contribution is -2.18. The average Bonchev–Trinajstić information content (AvgIpc) is 2.18. The normalized spacial score (nSPS) is 14.0. The fourth-order valence-electron chi connectivity index (χ4n) is 1.46. The van der Waals surface area contributed by atoms with Crippen LogP contribution >= 0.6 is 11.8 Å². The number of rotatable bonds is 5. The Kier molecular flexibility index (Phi) is 6.81.